The minimum atomic E-state index is 0.166. The molecule has 1 aliphatic rings. The van der Waals surface area contributed by atoms with Crippen molar-refractivity contribution in [2.75, 3.05) is 19.6 Å². The third kappa shape index (κ3) is 4.20. The number of aryl methyl sites for hydroxylation is 1. The van der Waals surface area contributed by atoms with Crippen molar-refractivity contribution in [2.45, 2.75) is 32.6 Å². The highest BCUT2D eigenvalue weighted by Crippen LogP contribution is 2.18. The average molecular weight is 328 g/mol. The van der Waals surface area contributed by atoms with Gasteiger partial charge >= 0.3 is 0 Å². The molecule has 3 rings (SSSR count). The lowest BCUT2D eigenvalue weighted by atomic mass is 9.97. The predicted molar refractivity (Wildman–Crippen MR) is 91.4 cm³/mol. The smallest absolute Gasteiger partial charge is 0.257 e. The van der Waals surface area contributed by atoms with E-state index in [9.17, 15) is 4.79 Å². The van der Waals surface area contributed by atoms with Crippen LogP contribution in [0.2, 0.25) is 0 Å². The molecule has 2 heterocycles. The van der Waals surface area contributed by atoms with Crippen molar-refractivity contribution in [3.8, 4) is 11.5 Å². The summed E-state index contributed by atoms with van der Waals surface area (Å²) >= 11 is 0. The van der Waals surface area contributed by atoms with Gasteiger partial charge in [-0.05, 0) is 50.0 Å². The molecule has 1 aliphatic heterocycles. The monoisotopic (exact) mass is 328 g/mol. The van der Waals surface area contributed by atoms with E-state index >= 15 is 0 Å². The number of hydrogen-bond acceptors (Lipinski definition) is 5. The first-order valence-corrected chi connectivity index (χ1v) is 8.66. The quantitative estimate of drug-likeness (QED) is 0.847. The summed E-state index contributed by atoms with van der Waals surface area (Å²) < 4.78 is 5.24. The summed E-state index contributed by atoms with van der Waals surface area (Å²) in [5.74, 6) is 1.62. The fourth-order valence-electron chi connectivity index (χ4n) is 2.89. The van der Waals surface area contributed by atoms with E-state index in [1.807, 2.05) is 31.2 Å². The van der Waals surface area contributed by atoms with Gasteiger partial charge in [0.15, 0.2) is 5.82 Å². The molecular weight excluding hydrogens is 304 g/mol. The number of rotatable bonds is 6. The lowest BCUT2D eigenvalue weighted by Crippen LogP contribution is -2.38. The second-order valence-corrected chi connectivity index (χ2v) is 6.13. The predicted octanol–water partition coefficient (Wildman–Crippen LogP) is 1.96. The lowest BCUT2D eigenvalue weighted by molar-refractivity contribution is -0.125. The number of carbonyl (C=O) groups is 1. The van der Waals surface area contributed by atoms with Crippen LogP contribution in [0.25, 0.3) is 11.5 Å². The maximum atomic E-state index is 12.1. The first-order valence-electron chi connectivity index (χ1n) is 8.66. The van der Waals surface area contributed by atoms with Crippen molar-refractivity contribution in [1.82, 2.24) is 20.8 Å². The minimum Gasteiger partial charge on any atom is -0.356 e. The van der Waals surface area contributed by atoms with Gasteiger partial charge in [0, 0.05) is 24.4 Å². The van der Waals surface area contributed by atoms with Gasteiger partial charge in [0.1, 0.15) is 0 Å². The van der Waals surface area contributed by atoms with Crippen LogP contribution in [0.5, 0.6) is 0 Å². The third-order valence-corrected chi connectivity index (χ3v) is 4.41. The summed E-state index contributed by atoms with van der Waals surface area (Å²) in [5, 5.41) is 10.2. The number of nitrogens with one attached hydrogen (secondary N) is 2. The van der Waals surface area contributed by atoms with Crippen molar-refractivity contribution in [3.05, 3.63) is 35.7 Å². The van der Waals surface area contributed by atoms with Crippen LogP contribution in [0.4, 0.5) is 0 Å². The SMILES string of the molecule is CCc1noc(-c2ccc(CCNC(=O)C3CCNCC3)cc2)n1. The Morgan fingerprint density at radius 2 is 2.04 bits per heavy atom. The minimum absolute atomic E-state index is 0.166. The Hall–Kier alpha value is -2.21. The summed E-state index contributed by atoms with van der Waals surface area (Å²) in [6.45, 7) is 4.54. The van der Waals surface area contributed by atoms with Crippen molar-refractivity contribution in [3.63, 3.8) is 0 Å². The molecule has 0 bridgehead atoms. The second kappa shape index (κ2) is 8.06. The number of piperidine rings is 1. The fraction of sp³-hybridized carbons (Fsp3) is 0.500. The first-order chi connectivity index (χ1) is 11.8. The lowest BCUT2D eigenvalue weighted by Gasteiger charge is -2.21. The average Bonchev–Trinajstić information content (AvgIpc) is 3.12. The van der Waals surface area contributed by atoms with Crippen molar-refractivity contribution in [2.24, 2.45) is 5.92 Å². The van der Waals surface area contributed by atoms with Crippen LogP contribution in [0, 0.1) is 5.92 Å². The number of hydrogen-bond donors (Lipinski definition) is 2. The summed E-state index contributed by atoms with van der Waals surface area (Å²) in [5.41, 5.74) is 2.10. The second-order valence-electron chi connectivity index (χ2n) is 6.13. The van der Waals surface area contributed by atoms with Gasteiger partial charge in [-0.2, -0.15) is 4.98 Å². The molecule has 2 N–H and O–H groups in total. The zero-order valence-electron chi connectivity index (χ0n) is 14.0. The Balaban J connectivity index is 1.48. The molecule has 6 nitrogen and oxygen atoms in total. The Labute approximate surface area is 142 Å². The molecule has 2 aromatic rings. The maximum Gasteiger partial charge on any atom is 0.257 e. The van der Waals surface area contributed by atoms with Crippen LogP contribution in [0.1, 0.15) is 31.2 Å². The van der Waals surface area contributed by atoms with E-state index in [1.165, 1.54) is 5.56 Å². The van der Waals surface area contributed by atoms with Crippen LogP contribution in [0.15, 0.2) is 28.8 Å². The van der Waals surface area contributed by atoms with Crippen LogP contribution in [-0.4, -0.2) is 35.7 Å². The number of carbonyl (C=O) groups excluding carboxylic acids is 1. The molecule has 0 saturated carbocycles. The molecular formula is C18H24N4O2. The standard InChI is InChI=1S/C18H24N4O2/c1-2-16-21-18(24-22-16)15-5-3-13(4-6-15)7-12-20-17(23)14-8-10-19-11-9-14/h3-6,14,19H,2,7-12H2,1H3,(H,20,23). The maximum absolute atomic E-state index is 12.1. The van der Waals surface area contributed by atoms with Crippen molar-refractivity contribution < 1.29 is 9.32 Å². The Morgan fingerprint density at radius 3 is 2.71 bits per heavy atom. The van der Waals surface area contributed by atoms with Gasteiger partial charge in [-0.1, -0.05) is 24.2 Å². The number of nitrogens with zero attached hydrogens (tertiary/aromatic N) is 2. The fourth-order valence-corrected chi connectivity index (χ4v) is 2.89. The highest BCUT2D eigenvalue weighted by Gasteiger charge is 2.20. The molecule has 1 aromatic carbocycles. The summed E-state index contributed by atoms with van der Waals surface area (Å²) in [6.07, 6.45) is 3.45. The largest absolute Gasteiger partial charge is 0.356 e. The molecule has 6 heteroatoms. The van der Waals surface area contributed by atoms with E-state index in [2.05, 4.69) is 20.8 Å². The van der Waals surface area contributed by atoms with Crippen molar-refractivity contribution >= 4 is 5.91 Å². The number of amides is 1. The molecule has 0 atom stereocenters. The molecule has 1 aromatic heterocycles. The molecule has 128 valence electrons. The zero-order valence-corrected chi connectivity index (χ0v) is 14.0. The molecule has 24 heavy (non-hydrogen) atoms. The molecule has 1 saturated heterocycles. The molecule has 1 amide bonds. The normalized spacial score (nSPS) is 15.4. The van der Waals surface area contributed by atoms with Gasteiger partial charge in [0.05, 0.1) is 0 Å². The van der Waals surface area contributed by atoms with Crippen molar-refractivity contribution in [1.29, 1.82) is 0 Å². The highest BCUT2D eigenvalue weighted by atomic mass is 16.5. The summed E-state index contributed by atoms with van der Waals surface area (Å²) in [7, 11) is 0. The Morgan fingerprint density at radius 1 is 1.29 bits per heavy atom. The van der Waals surface area contributed by atoms with Gasteiger partial charge in [-0.3, -0.25) is 4.79 Å². The zero-order chi connectivity index (χ0) is 16.8. The van der Waals surface area contributed by atoms with Crippen LogP contribution in [0.3, 0.4) is 0 Å². The van der Waals surface area contributed by atoms with Gasteiger partial charge in [-0.25, -0.2) is 0 Å². The van der Waals surface area contributed by atoms with E-state index in [-0.39, 0.29) is 11.8 Å². The van der Waals surface area contributed by atoms with E-state index in [0.717, 1.165) is 50.2 Å². The Kier molecular flexibility index (Phi) is 5.59. The molecule has 0 spiro atoms. The van der Waals surface area contributed by atoms with Gasteiger partial charge < -0.3 is 15.2 Å². The molecule has 1 fully saturated rings. The van der Waals surface area contributed by atoms with E-state index < -0.39 is 0 Å². The van der Waals surface area contributed by atoms with E-state index in [0.29, 0.717) is 12.4 Å². The molecule has 0 radical (unpaired) electrons. The molecule has 0 unspecified atom stereocenters. The van der Waals surface area contributed by atoms with E-state index in [1.54, 1.807) is 0 Å². The summed E-state index contributed by atoms with van der Waals surface area (Å²) in [4.78, 5) is 16.4. The highest BCUT2D eigenvalue weighted by molar-refractivity contribution is 5.78. The van der Waals surface area contributed by atoms with Gasteiger partial charge in [0.2, 0.25) is 5.91 Å². The first kappa shape index (κ1) is 16.6. The van der Waals surface area contributed by atoms with Crippen LogP contribution < -0.4 is 10.6 Å². The van der Waals surface area contributed by atoms with Crippen LogP contribution in [-0.2, 0) is 17.6 Å². The number of benzene rings is 1. The topological polar surface area (TPSA) is 80.0 Å². The third-order valence-electron chi connectivity index (χ3n) is 4.41. The summed E-state index contributed by atoms with van der Waals surface area (Å²) in [6, 6.07) is 8.05. The van der Waals surface area contributed by atoms with Gasteiger partial charge in [-0.15, -0.1) is 0 Å². The van der Waals surface area contributed by atoms with Crippen LogP contribution >= 0.6 is 0 Å². The Bertz CT molecular complexity index is 660. The van der Waals surface area contributed by atoms with Gasteiger partial charge in [0.25, 0.3) is 5.89 Å². The number of aromatic nitrogens is 2. The molecule has 0 aliphatic carbocycles. The van der Waals surface area contributed by atoms with E-state index in [4.69, 9.17) is 4.52 Å².